The van der Waals surface area contributed by atoms with Gasteiger partial charge in [-0.1, -0.05) is 20.3 Å². The maximum Gasteiger partial charge on any atom is 0.324 e. The molecule has 0 unspecified atom stereocenters. The number of ether oxygens (including phenoxy) is 1. The van der Waals surface area contributed by atoms with Crippen LogP contribution in [0.2, 0.25) is 0 Å². The number of hydrogen-bond donors (Lipinski definition) is 2. The van der Waals surface area contributed by atoms with E-state index >= 15 is 0 Å². The highest BCUT2D eigenvalue weighted by molar-refractivity contribution is 7.89. The SMILES string of the molecule is CC[C@@H](C)[C@@H](NS(=O)(=O)c1ccc(NC(C)=O)cc1)C(=O)OC. The second-order valence-corrected chi connectivity index (χ2v) is 6.93. The molecule has 1 aromatic rings. The fourth-order valence-corrected chi connectivity index (χ4v) is 3.21. The molecule has 23 heavy (non-hydrogen) atoms. The summed E-state index contributed by atoms with van der Waals surface area (Å²) in [5.74, 6) is -1.09. The molecule has 1 rings (SSSR count). The smallest absolute Gasteiger partial charge is 0.324 e. The van der Waals surface area contributed by atoms with Crippen LogP contribution in [0.15, 0.2) is 29.2 Å². The maximum atomic E-state index is 12.4. The molecule has 128 valence electrons. The number of amides is 1. The van der Waals surface area contributed by atoms with E-state index in [0.29, 0.717) is 12.1 Å². The van der Waals surface area contributed by atoms with Crippen molar-refractivity contribution in [3.8, 4) is 0 Å². The van der Waals surface area contributed by atoms with E-state index in [2.05, 4.69) is 14.8 Å². The van der Waals surface area contributed by atoms with Crippen LogP contribution in [0.4, 0.5) is 5.69 Å². The average Bonchev–Trinajstić information content (AvgIpc) is 2.51. The Kier molecular flexibility index (Phi) is 6.71. The van der Waals surface area contributed by atoms with Gasteiger partial charge in [-0.15, -0.1) is 0 Å². The minimum Gasteiger partial charge on any atom is -0.468 e. The summed E-state index contributed by atoms with van der Waals surface area (Å²) in [7, 11) is -2.66. The van der Waals surface area contributed by atoms with Crippen LogP contribution in [-0.2, 0) is 24.3 Å². The molecule has 0 radical (unpaired) electrons. The lowest BCUT2D eigenvalue weighted by atomic mass is 10.0. The molecule has 0 aliphatic rings. The third-order valence-corrected chi connectivity index (χ3v) is 4.89. The second kappa shape index (κ2) is 8.07. The lowest BCUT2D eigenvalue weighted by Crippen LogP contribution is -2.45. The Morgan fingerprint density at radius 1 is 1.22 bits per heavy atom. The molecule has 0 spiro atoms. The first-order valence-corrected chi connectivity index (χ1v) is 8.67. The molecule has 1 aromatic carbocycles. The molecular formula is C15H22N2O5S. The van der Waals surface area contributed by atoms with E-state index in [4.69, 9.17) is 0 Å². The highest BCUT2D eigenvalue weighted by Crippen LogP contribution is 2.17. The monoisotopic (exact) mass is 342 g/mol. The maximum absolute atomic E-state index is 12.4. The van der Waals surface area contributed by atoms with E-state index in [9.17, 15) is 18.0 Å². The Balaban J connectivity index is 3.00. The molecule has 0 fully saturated rings. The number of methoxy groups -OCH3 is 1. The Hall–Kier alpha value is -1.93. The van der Waals surface area contributed by atoms with E-state index in [-0.39, 0.29) is 16.7 Å². The molecule has 2 atom stereocenters. The van der Waals surface area contributed by atoms with Crippen LogP contribution in [0.1, 0.15) is 27.2 Å². The standard InChI is InChI=1S/C15H22N2O5S/c1-5-10(2)14(15(19)22-4)17-23(20,21)13-8-6-12(7-9-13)16-11(3)18/h6-10,14,17H,5H2,1-4H3,(H,16,18)/t10-,14-/m1/s1. The molecular weight excluding hydrogens is 320 g/mol. The highest BCUT2D eigenvalue weighted by Gasteiger charge is 2.30. The summed E-state index contributed by atoms with van der Waals surface area (Å²) in [5, 5.41) is 2.55. The van der Waals surface area contributed by atoms with Gasteiger partial charge in [-0.05, 0) is 30.2 Å². The summed E-state index contributed by atoms with van der Waals surface area (Å²) in [4.78, 5) is 22.8. The quantitative estimate of drug-likeness (QED) is 0.731. The molecule has 7 nitrogen and oxygen atoms in total. The van der Waals surface area contributed by atoms with Gasteiger partial charge in [0.2, 0.25) is 15.9 Å². The van der Waals surface area contributed by atoms with Gasteiger partial charge in [-0.3, -0.25) is 9.59 Å². The number of anilines is 1. The molecule has 2 N–H and O–H groups in total. The van der Waals surface area contributed by atoms with Gasteiger partial charge < -0.3 is 10.1 Å². The van der Waals surface area contributed by atoms with Crippen LogP contribution in [0.3, 0.4) is 0 Å². The van der Waals surface area contributed by atoms with Crippen molar-refractivity contribution in [1.29, 1.82) is 0 Å². The predicted octanol–water partition coefficient (Wildman–Crippen LogP) is 1.51. The number of nitrogens with one attached hydrogen (secondary N) is 2. The van der Waals surface area contributed by atoms with E-state index in [1.165, 1.54) is 38.3 Å². The first kappa shape index (κ1) is 19.1. The molecule has 0 bridgehead atoms. The molecule has 0 aliphatic heterocycles. The van der Waals surface area contributed by atoms with Crippen molar-refractivity contribution < 1.29 is 22.7 Å². The van der Waals surface area contributed by atoms with E-state index in [0.717, 1.165) is 0 Å². The fourth-order valence-electron chi connectivity index (χ4n) is 1.92. The van der Waals surface area contributed by atoms with Gasteiger partial charge in [0, 0.05) is 12.6 Å². The Bertz CT molecular complexity index is 655. The predicted molar refractivity (Wildman–Crippen MR) is 86.3 cm³/mol. The summed E-state index contributed by atoms with van der Waals surface area (Å²) >= 11 is 0. The van der Waals surface area contributed by atoms with Crippen molar-refractivity contribution in [2.24, 2.45) is 5.92 Å². The van der Waals surface area contributed by atoms with Gasteiger partial charge in [-0.2, -0.15) is 4.72 Å². The number of rotatable bonds is 7. The minimum atomic E-state index is -3.88. The second-order valence-electron chi connectivity index (χ2n) is 5.21. The van der Waals surface area contributed by atoms with E-state index in [1.807, 2.05) is 6.92 Å². The largest absolute Gasteiger partial charge is 0.468 e. The van der Waals surface area contributed by atoms with Crippen LogP contribution in [0, 0.1) is 5.92 Å². The zero-order chi connectivity index (χ0) is 17.6. The molecule has 0 aromatic heterocycles. The third-order valence-electron chi connectivity index (χ3n) is 3.44. The van der Waals surface area contributed by atoms with Crippen molar-refractivity contribution in [2.45, 2.75) is 38.1 Å². The average molecular weight is 342 g/mol. The van der Waals surface area contributed by atoms with Gasteiger partial charge in [0.15, 0.2) is 0 Å². The number of benzene rings is 1. The number of carbonyl (C=O) groups is 2. The van der Waals surface area contributed by atoms with E-state index in [1.54, 1.807) is 6.92 Å². The molecule has 8 heteroatoms. The molecule has 0 saturated heterocycles. The van der Waals surface area contributed by atoms with Crippen LogP contribution >= 0.6 is 0 Å². The van der Waals surface area contributed by atoms with Crippen molar-refractivity contribution >= 4 is 27.6 Å². The van der Waals surface area contributed by atoms with Crippen LogP contribution in [0.5, 0.6) is 0 Å². The zero-order valence-corrected chi connectivity index (χ0v) is 14.4. The van der Waals surface area contributed by atoms with Gasteiger partial charge in [0.05, 0.1) is 12.0 Å². The molecule has 0 heterocycles. The van der Waals surface area contributed by atoms with Gasteiger partial charge >= 0.3 is 5.97 Å². The van der Waals surface area contributed by atoms with Crippen molar-refractivity contribution in [3.63, 3.8) is 0 Å². The van der Waals surface area contributed by atoms with Gasteiger partial charge in [-0.25, -0.2) is 8.42 Å². The van der Waals surface area contributed by atoms with Gasteiger partial charge in [0.25, 0.3) is 0 Å². The number of hydrogen-bond acceptors (Lipinski definition) is 5. The molecule has 1 amide bonds. The number of carbonyl (C=O) groups excluding carboxylic acids is 2. The number of esters is 1. The summed E-state index contributed by atoms with van der Waals surface area (Å²) in [5.41, 5.74) is 0.489. The lowest BCUT2D eigenvalue weighted by Gasteiger charge is -2.21. The summed E-state index contributed by atoms with van der Waals surface area (Å²) in [6, 6.07) is 4.72. The van der Waals surface area contributed by atoms with Crippen molar-refractivity contribution in [3.05, 3.63) is 24.3 Å². The molecule has 0 aliphatic carbocycles. The zero-order valence-electron chi connectivity index (χ0n) is 13.6. The van der Waals surface area contributed by atoms with Crippen LogP contribution in [-0.4, -0.2) is 33.4 Å². The van der Waals surface area contributed by atoms with Crippen molar-refractivity contribution in [1.82, 2.24) is 4.72 Å². The summed E-state index contributed by atoms with van der Waals surface area (Å²) < 4.78 is 31.9. The lowest BCUT2D eigenvalue weighted by molar-refractivity contribution is -0.143. The summed E-state index contributed by atoms with van der Waals surface area (Å²) in [6.07, 6.45) is 0.615. The third kappa shape index (κ3) is 5.33. The first-order valence-electron chi connectivity index (χ1n) is 7.19. The summed E-state index contributed by atoms with van der Waals surface area (Å²) in [6.45, 7) is 4.99. The van der Waals surface area contributed by atoms with Gasteiger partial charge in [0.1, 0.15) is 6.04 Å². The first-order chi connectivity index (χ1) is 10.7. The fraction of sp³-hybridized carbons (Fsp3) is 0.467. The molecule has 0 saturated carbocycles. The normalized spacial score (nSPS) is 13.9. The van der Waals surface area contributed by atoms with E-state index < -0.39 is 22.0 Å². The van der Waals surface area contributed by atoms with Crippen LogP contribution < -0.4 is 10.0 Å². The highest BCUT2D eigenvalue weighted by atomic mass is 32.2. The Morgan fingerprint density at radius 2 is 1.78 bits per heavy atom. The van der Waals surface area contributed by atoms with Crippen LogP contribution in [0.25, 0.3) is 0 Å². The Morgan fingerprint density at radius 3 is 2.22 bits per heavy atom. The van der Waals surface area contributed by atoms with Crippen molar-refractivity contribution in [2.75, 3.05) is 12.4 Å². The topological polar surface area (TPSA) is 102 Å². The minimum absolute atomic E-state index is 0.00353. The Labute approximate surface area is 136 Å². The number of sulfonamides is 1.